The van der Waals surface area contributed by atoms with Gasteiger partial charge in [-0.2, -0.15) is 0 Å². The number of rotatable bonds is 6. The zero-order valence-corrected chi connectivity index (χ0v) is 20.1. The van der Waals surface area contributed by atoms with Gasteiger partial charge in [-0.15, -0.1) is 0 Å². The first-order chi connectivity index (χ1) is 14.9. The van der Waals surface area contributed by atoms with Crippen LogP contribution in [-0.2, 0) is 9.47 Å². The Morgan fingerprint density at radius 1 is 1.25 bits per heavy atom. The van der Waals surface area contributed by atoms with Crippen molar-refractivity contribution in [3.63, 3.8) is 0 Å². The smallest absolute Gasteiger partial charge is 0.412 e. The highest BCUT2D eigenvalue weighted by atomic mass is 16.6. The fraction of sp³-hybridized carbons (Fsp3) is 0.636. The lowest BCUT2D eigenvalue weighted by Crippen LogP contribution is -2.54. The van der Waals surface area contributed by atoms with Crippen LogP contribution >= 0.6 is 0 Å². The topological polar surface area (TPSA) is 117 Å². The van der Waals surface area contributed by atoms with Gasteiger partial charge in [0.2, 0.25) is 0 Å². The van der Waals surface area contributed by atoms with E-state index in [-0.39, 0.29) is 18.1 Å². The maximum Gasteiger partial charge on any atom is 0.412 e. The first kappa shape index (κ1) is 25.4. The number of nitrogens with one attached hydrogen (secondary N) is 3. The third-order valence-electron chi connectivity index (χ3n) is 4.85. The predicted octanol–water partition coefficient (Wildman–Crippen LogP) is 1.74. The van der Waals surface area contributed by atoms with Crippen molar-refractivity contribution in [3.8, 4) is 0 Å². The number of carbonyl (C=O) groups is 2. The molecule has 2 unspecified atom stereocenters. The monoisotopic (exact) mass is 448 g/mol. The normalized spacial score (nSPS) is 20.6. The molecule has 0 aromatic carbocycles. The number of hydrogen-bond donors (Lipinski definition) is 3. The quantitative estimate of drug-likeness (QED) is 0.345. The van der Waals surface area contributed by atoms with Gasteiger partial charge in [0.1, 0.15) is 11.3 Å². The van der Waals surface area contributed by atoms with Crippen LogP contribution in [0.3, 0.4) is 0 Å². The predicted molar refractivity (Wildman–Crippen MR) is 122 cm³/mol. The number of pyridine rings is 1. The van der Waals surface area contributed by atoms with E-state index < -0.39 is 17.4 Å². The van der Waals surface area contributed by atoms with Crippen LogP contribution in [0.4, 0.5) is 4.79 Å². The van der Waals surface area contributed by atoms with Gasteiger partial charge in [-0.3, -0.25) is 19.7 Å². The highest BCUT2D eigenvalue weighted by Gasteiger charge is 2.49. The fourth-order valence-electron chi connectivity index (χ4n) is 3.50. The van der Waals surface area contributed by atoms with E-state index in [2.05, 4.69) is 25.9 Å². The molecule has 10 nitrogen and oxygen atoms in total. The summed E-state index contributed by atoms with van der Waals surface area (Å²) in [4.78, 5) is 34.7. The van der Waals surface area contributed by atoms with Crippen molar-refractivity contribution in [2.75, 3.05) is 26.7 Å². The Balaban J connectivity index is 1.87. The number of carbonyl (C=O) groups excluding carboxylic acids is 2. The maximum absolute atomic E-state index is 12.8. The molecule has 2 amide bonds. The van der Waals surface area contributed by atoms with E-state index in [1.54, 1.807) is 30.3 Å². The second-order valence-electron chi connectivity index (χ2n) is 9.06. The summed E-state index contributed by atoms with van der Waals surface area (Å²) in [6.07, 6.45) is 2.53. The average molecular weight is 449 g/mol. The van der Waals surface area contributed by atoms with Crippen LogP contribution in [0.5, 0.6) is 0 Å². The Labute approximate surface area is 190 Å². The molecule has 1 aliphatic heterocycles. The minimum atomic E-state index is -0.790. The van der Waals surface area contributed by atoms with Gasteiger partial charge in [0.25, 0.3) is 5.91 Å². The van der Waals surface area contributed by atoms with E-state index in [0.29, 0.717) is 31.2 Å². The first-order valence-electron chi connectivity index (χ1n) is 10.8. The number of ether oxygens (including phenoxy) is 2. The fourth-order valence-corrected chi connectivity index (χ4v) is 3.50. The first-order valence-corrected chi connectivity index (χ1v) is 10.8. The molecule has 178 valence electrons. The molecule has 2 rings (SSSR count). The molecule has 2 heterocycles. The van der Waals surface area contributed by atoms with E-state index in [1.165, 1.54) is 6.20 Å². The minimum Gasteiger partial charge on any atom is -0.444 e. The van der Waals surface area contributed by atoms with Gasteiger partial charge < -0.3 is 25.4 Å². The summed E-state index contributed by atoms with van der Waals surface area (Å²) in [5.74, 6) is 0.372. The molecule has 1 aromatic rings. The number of guanidine groups is 1. The van der Waals surface area contributed by atoms with Crippen molar-refractivity contribution in [1.82, 2.24) is 25.8 Å². The minimum absolute atomic E-state index is 0.185. The molecule has 0 bridgehead atoms. The van der Waals surface area contributed by atoms with Crippen molar-refractivity contribution in [1.29, 1.82) is 0 Å². The van der Waals surface area contributed by atoms with Gasteiger partial charge in [-0.1, -0.05) is 0 Å². The number of aliphatic imine (C=N–C) groups is 1. The van der Waals surface area contributed by atoms with E-state index in [9.17, 15) is 9.59 Å². The van der Waals surface area contributed by atoms with Gasteiger partial charge >= 0.3 is 6.09 Å². The van der Waals surface area contributed by atoms with Gasteiger partial charge in [-0.25, -0.2) is 4.79 Å². The SMILES string of the molecule is CN=C(NCCNC(=O)c1cccnc1)NCC1C(C)OC(C)(C)N1C(=O)OC(C)(C)C. The summed E-state index contributed by atoms with van der Waals surface area (Å²) in [5.41, 5.74) is -0.883. The molecule has 1 saturated heterocycles. The highest BCUT2D eigenvalue weighted by molar-refractivity contribution is 5.93. The van der Waals surface area contributed by atoms with Crippen LogP contribution in [0.15, 0.2) is 29.5 Å². The number of hydrogen-bond acceptors (Lipinski definition) is 6. The Kier molecular flexibility index (Phi) is 8.43. The molecule has 0 radical (unpaired) electrons. The molecular weight excluding hydrogens is 412 g/mol. The van der Waals surface area contributed by atoms with Crippen molar-refractivity contribution < 1.29 is 19.1 Å². The van der Waals surface area contributed by atoms with Gasteiger partial charge in [0, 0.05) is 39.1 Å². The van der Waals surface area contributed by atoms with Crippen LogP contribution in [-0.4, -0.2) is 78.0 Å². The third kappa shape index (κ3) is 7.08. The molecule has 3 N–H and O–H groups in total. The summed E-state index contributed by atoms with van der Waals surface area (Å²) in [6, 6.07) is 3.18. The van der Waals surface area contributed by atoms with E-state index in [0.717, 1.165) is 0 Å². The zero-order valence-electron chi connectivity index (χ0n) is 20.1. The second-order valence-corrected chi connectivity index (χ2v) is 9.06. The standard InChI is InChI=1S/C22H36N6O4/c1-15-17(28(22(5,6)31-15)20(30)32-21(2,3)4)14-27-19(23-7)26-12-11-25-18(29)16-9-8-10-24-13-16/h8-10,13,15,17H,11-12,14H2,1-7H3,(H,25,29)(H2,23,26,27). The summed E-state index contributed by atoms with van der Waals surface area (Å²) in [5, 5.41) is 9.21. The van der Waals surface area contributed by atoms with Gasteiger partial charge in [0.15, 0.2) is 5.96 Å². The average Bonchev–Trinajstić information content (AvgIpc) is 2.94. The molecule has 1 aromatic heterocycles. The summed E-state index contributed by atoms with van der Waals surface area (Å²) < 4.78 is 11.6. The van der Waals surface area contributed by atoms with Crippen molar-refractivity contribution in [3.05, 3.63) is 30.1 Å². The van der Waals surface area contributed by atoms with Crippen LogP contribution < -0.4 is 16.0 Å². The highest BCUT2D eigenvalue weighted by Crippen LogP contribution is 2.33. The lowest BCUT2D eigenvalue weighted by atomic mass is 10.1. The third-order valence-corrected chi connectivity index (χ3v) is 4.85. The van der Waals surface area contributed by atoms with Crippen LogP contribution in [0, 0.1) is 0 Å². The van der Waals surface area contributed by atoms with Crippen molar-refractivity contribution >= 4 is 18.0 Å². The van der Waals surface area contributed by atoms with Crippen molar-refractivity contribution in [2.24, 2.45) is 4.99 Å². The lowest BCUT2D eigenvalue weighted by molar-refractivity contribution is -0.0755. The number of nitrogens with zero attached hydrogens (tertiary/aromatic N) is 3. The van der Waals surface area contributed by atoms with Gasteiger partial charge in [-0.05, 0) is 53.7 Å². The molecule has 2 atom stereocenters. The Hall–Kier alpha value is -2.88. The van der Waals surface area contributed by atoms with Crippen LogP contribution in [0.25, 0.3) is 0 Å². The Bertz CT molecular complexity index is 806. The van der Waals surface area contributed by atoms with Gasteiger partial charge in [0.05, 0.1) is 17.7 Å². The molecule has 10 heteroatoms. The Morgan fingerprint density at radius 3 is 2.53 bits per heavy atom. The summed E-state index contributed by atoms with van der Waals surface area (Å²) >= 11 is 0. The molecule has 0 aliphatic carbocycles. The van der Waals surface area contributed by atoms with Crippen LogP contribution in [0.2, 0.25) is 0 Å². The Morgan fingerprint density at radius 2 is 1.94 bits per heavy atom. The summed E-state index contributed by atoms with van der Waals surface area (Å²) in [6.45, 7) is 12.5. The number of amides is 2. The molecule has 32 heavy (non-hydrogen) atoms. The summed E-state index contributed by atoms with van der Waals surface area (Å²) in [7, 11) is 1.66. The second kappa shape index (κ2) is 10.6. The van der Waals surface area contributed by atoms with E-state index in [1.807, 2.05) is 41.5 Å². The van der Waals surface area contributed by atoms with Crippen molar-refractivity contribution in [2.45, 2.75) is 65.0 Å². The van der Waals surface area contributed by atoms with E-state index in [4.69, 9.17) is 9.47 Å². The molecule has 0 spiro atoms. The lowest BCUT2D eigenvalue weighted by Gasteiger charge is -2.35. The molecule has 1 aliphatic rings. The molecule has 1 fully saturated rings. The maximum atomic E-state index is 12.8. The molecule has 0 saturated carbocycles. The van der Waals surface area contributed by atoms with E-state index >= 15 is 0 Å². The van der Waals surface area contributed by atoms with Crippen LogP contribution in [0.1, 0.15) is 51.9 Å². The largest absolute Gasteiger partial charge is 0.444 e. The number of aromatic nitrogens is 1. The zero-order chi connectivity index (χ0) is 23.9. The molecular formula is C22H36N6O4.